The molecule has 9 nitrogen and oxygen atoms in total. The molecule has 83 heavy (non-hydrogen) atoms. The van der Waals surface area contributed by atoms with Gasteiger partial charge in [0.15, 0.2) is 22.9 Å². The molecule has 15 rings (SSSR count). The van der Waals surface area contributed by atoms with E-state index in [4.69, 9.17) is 29.7 Å². The second-order valence-corrected chi connectivity index (χ2v) is 20.5. The molecule has 0 radical (unpaired) electrons. The minimum atomic E-state index is 0.336. The Morgan fingerprint density at radius 1 is 0.325 bits per heavy atom. The van der Waals surface area contributed by atoms with Crippen molar-refractivity contribution in [2.75, 3.05) is 0 Å². The van der Waals surface area contributed by atoms with Crippen molar-refractivity contribution in [1.29, 1.82) is 5.26 Å². The van der Waals surface area contributed by atoms with Gasteiger partial charge in [0.1, 0.15) is 0 Å². The lowest BCUT2D eigenvalue weighted by Gasteiger charge is -2.14. The number of para-hydroxylation sites is 4. The van der Waals surface area contributed by atoms with Gasteiger partial charge < -0.3 is 13.7 Å². The number of rotatable bonds is 8. The molecule has 11 aromatic carbocycles. The second kappa shape index (κ2) is 19.3. The van der Waals surface area contributed by atoms with Crippen molar-refractivity contribution in [3.63, 3.8) is 0 Å². The third kappa shape index (κ3) is 7.90. The molecular weight excluding hydrogens is 1010 g/mol. The fourth-order valence-corrected chi connectivity index (χ4v) is 12.1. The van der Waals surface area contributed by atoms with E-state index < -0.39 is 0 Å². The van der Waals surface area contributed by atoms with Gasteiger partial charge in [-0.15, -0.1) is 0 Å². The lowest BCUT2D eigenvalue weighted by atomic mass is 9.94. The number of nitriles is 1. The van der Waals surface area contributed by atoms with Gasteiger partial charge >= 0.3 is 0 Å². The molecule has 0 atom stereocenters. The molecule has 0 saturated heterocycles. The average molecular weight is 1060 g/mol. The first kappa shape index (κ1) is 48.0. The molecule has 382 valence electrons. The standard InChI is InChI=1S/C74H41N9/c1-76-52-16-12-14-49(38-52)65-44-67(80-74(79-65)50-15-13-17-53(39-50)77-2)62-43-66(78-3)61(40-51(62)45-75)48-28-26-46(27-29-48)47-30-32-54(33-31-47)81-72-36-34-55(82-68-22-8-4-18-57(68)58-19-5-9-23-69(58)82)41-63(72)64-42-56(35-37-73(64)81)83-70-24-10-6-20-59(70)60-21-7-11-25-71(60)83/h4-44H. The number of benzene rings is 11. The van der Waals surface area contributed by atoms with Crippen LogP contribution in [0.25, 0.3) is 153 Å². The van der Waals surface area contributed by atoms with Crippen LogP contribution in [0.1, 0.15) is 5.56 Å². The van der Waals surface area contributed by atoms with Crippen LogP contribution in [0.4, 0.5) is 17.1 Å². The molecule has 0 aliphatic carbocycles. The highest BCUT2D eigenvalue weighted by molar-refractivity contribution is 6.14. The van der Waals surface area contributed by atoms with Crippen LogP contribution in [0.5, 0.6) is 0 Å². The summed E-state index contributed by atoms with van der Waals surface area (Å²) in [6, 6.07) is 87.0. The number of fused-ring (bicyclic) bond motifs is 9. The molecule has 0 saturated carbocycles. The fourth-order valence-electron chi connectivity index (χ4n) is 12.1. The summed E-state index contributed by atoms with van der Waals surface area (Å²) in [5.41, 5.74) is 17.9. The van der Waals surface area contributed by atoms with Crippen molar-refractivity contribution < 1.29 is 0 Å². The van der Waals surface area contributed by atoms with Gasteiger partial charge in [-0.2, -0.15) is 5.26 Å². The predicted octanol–water partition coefficient (Wildman–Crippen LogP) is 19.6. The maximum absolute atomic E-state index is 10.7. The third-order valence-corrected chi connectivity index (χ3v) is 15.9. The Hall–Kier alpha value is -12.1. The largest absolute Gasteiger partial charge is 0.309 e. The van der Waals surface area contributed by atoms with Crippen LogP contribution in [-0.4, -0.2) is 23.7 Å². The van der Waals surface area contributed by atoms with Gasteiger partial charge in [-0.1, -0.05) is 146 Å². The predicted molar refractivity (Wildman–Crippen MR) is 336 cm³/mol. The quantitative estimate of drug-likeness (QED) is 0.142. The summed E-state index contributed by atoms with van der Waals surface area (Å²) >= 11 is 0. The highest BCUT2D eigenvalue weighted by atomic mass is 15.0. The smallest absolute Gasteiger partial charge is 0.195 e. The highest BCUT2D eigenvalue weighted by Gasteiger charge is 2.21. The molecule has 0 spiro atoms. The van der Waals surface area contributed by atoms with Crippen LogP contribution in [-0.2, 0) is 0 Å². The minimum Gasteiger partial charge on any atom is -0.309 e. The van der Waals surface area contributed by atoms with E-state index in [9.17, 15) is 5.26 Å². The number of hydrogen-bond donors (Lipinski definition) is 0. The van der Waals surface area contributed by atoms with E-state index in [0.29, 0.717) is 62.1 Å². The number of aromatic nitrogens is 5. The van der Waals surface area contributed by atoms with Crippen LogP contribution in [0, 0.1) is 31.0 Å². The normalized spacial score (nSPS) is 11.3. The zero-order valence-electron chi connectivity index (χ0n) is 44.2. The topological polar surface area (TPSA) is 77.4 Å². The summed E-state index contributed by atoms with van der Waals surface area (Å²) in [5.74, 6) is 0.349. The van der Waals surface area contributed by atoms with Crippen LogP contribution in [0.3, 0.4) is 0 Å². The summed E-state index contributed by atoms with van der Waals surface area (Å²) in [4.78, 5) is 21.0. The molecule has 0 amide bonds. The minimum absolute atomic E-state index is 0.336. The van der Waals surface area contributed by atoms with E-state index in [1.807, 2.05) is 24.3 Å². The zero-order valence-corrected chi connectivity index (χ0v) is 44.2. The molecule has 0 unspecified atom stereocenters. The lowest BCUT2D eigenvalue weighted by Crippen LogP contribution is -1.97. The Morgan fingerprint density at radius 2 is 0.759 bits per heavy atom. The molecular formula is C74H41N9. The van der Waals surface area contributed by atoms with Crippen molar-refractivity contribution in [3.05, 3.63) is 289 Å². The van der Waals surface area contributed by atoms with E-state index >= 15 is 0 Å². The van der Waals surface area contributed by atoms with Gasteiger partial charge in [0, 0.05) is 60.5 Å². The van der Waals surface area contributed by atoms with Crippen molar-refractivity contribution in [2.24, 2.45) is 0 Å². The summed E-state index contributed by atoms with van der Waals surface area (Å²) in [7, 11) is 0. The fraction of sp³-hybridized carbons (Fsp3) is 0. The number of nitrogens with zero attached hydrogens (tertiary/aromatic N) is 9. The van der Waals surface area contributed by atoms with Crippen molar-refractivity contribution in [2.45, 2.75) is 0 Å². The Kier molecular flexibility index (Phi) is 11.2. The average Bonchev–Trinajstić information content (AvgIpc) is 4.42. The third-order valence-electron chi connectivity index (χ3n) is 15.9. The molecule has 4 aromatic heterocycles. The maximum Gasteiger partial charge on any atom is 0.195 e. The van der Waals surface area contributed by atoms with Crippen LogP contribution in [0.2, 0.25) is 0 Å². The van der Waals surface area contributed by atoms with Gasteiger partial charge in [0.05, 0.1) is 75.8 Å². The van der Waals surface area contributed by atoms with Gasteiger partial charge in [-0.3, -0.25) is 0 Å². The van der Waals surface area contributed by atoms with Crippen LogP contribution < -0.4 is 0 Å². The highest BCUT2D eigenvalue weighted by Crippen LogP contribution is 2.42. The van der Waals surface area contributed by atoms with E-state index in [2.05, 4.69) is 204 Å². The van der Waals surface area contributed by atoms with Crippen molar-refractivity contribution in [1.82, 2.24) is 23.7 Å². The monoisotopic (exact) mass is 1060 g/mol. The lowest BCUT2D eigenvalue weighted by molar-refractivity contribution is 1.16. The Balaban J connectivity index is 0.808. The van der Waals surface area contributed by atoms with E-state index in [1.165, 1.54) is 21.5 Å². The molecule has 0 bridgehead atoms. The van der Waals surface area contributed by atoms with Crippen molar-refractivity contribution >= 4 is 82.5 Å². The molecule has 4 heterocycles. The second-order valence-electron chi connectivity index (χ2n) is 20.5. The van der Waals surface area contributed by atoms with E-state index in [0.717, 1.165) is 77.6 Å². The van der Waals surface area contributed by atoms with E-state index in [-0.39, 0.29) is 0 Å². The van der Waals surface area contributed by atoms with Crippen molar-refractivity contribution in [3.8, 4) is 79.3 Å². The van der Waals surface area contributed by atoms with Gasteiger partial charge in [-0.05, 0) is 131 Å². The SMILES string of the molecule is [C-]#[N+]c1cccc(-c2cc(-c3cc([N+]#[C-])c(-c4ccc(-c5ccc(-n6c7ccc(-n8c9ccccc9c9ccccc98)cc7c7cc(-n8c9ccccc9c9ccccc98)ccc76)cc5)cc4)cc3C#N)nc(-c3cccc([N+]#[C-])c3)n2)c1. The Bertz CT molecular complexity index is 5020. The Morgan fingerprint density at radius 3 is 1.27 bits per heavy atom. The molecule has 0 N–H and O–H groups in total. The Labute approximate surface area is 476 Å². The first-order valence-corrected chi connectivity index (χ1v) is 27.0. The molecule has 9 heteroatoms. The van der Waals surface area contributed by atoms with E-state index in [1.54, 1.807) is 54.6 Å². The summed E-state index contributed by atoms with van der Waals surface area (Å²) in [6.07, 6.45) is 0. The summed E-state index contributed by atoms with van der Waals surface area (Å²) < 4.78 is 7.14. The summed E-state index contributed by atoms with van der Waals surface area (Å²) in [6.45, 7) is 23.6. The van der Waals surface area contributed by atoms with Gasteiger partial charge in [0.25, 0.3) is 0 Å². The molecule has 0 aliphatic heterocycles. The van der Waals surface area contributed by atoms with Gasteiger partial charge in [-0.25, -0.2) is 24.5 Å². The molecule has 0 aliphatic rings. The number of hydrogen-bond acceptors (Lipinski definition) is 3. The zero-order chi connectivity index (χ0) is 55.7. The van der Waals surface area contributed by atoms with Crippen LogP contribution in [0.15, 0.2) is 249 Å². The first-order chi connectivity index (χ1) is 40.9. The maximum atomic E-state index is 10.7. The molecule has 15 aromatic rings. The first-order valence-electron chi connectivity index (χ1n) is 27.0. The van der Waals surface area contributed by atoms with Crippen LogP contribution >= 0.6 is 0 Å². The summed E-state index contributed by atoms with van der Waals surface area (Å²) in [5, 5.41) is 17.9. The molecule has 0 fully saturated rings. The van der Waals surface area contributed by atoms with Gasteiger partial charge in [0.2, 0.25) is 0 Å².